The Balaban J connectivity index is 1.50. The average molecular weight is 270 g/mol. The fraction of sp³-hybridized carbons (Fsp3) is 0.667. The number of benzene rings is 1. The number of piperidine rings is 1. The Morgan fingerprint density at radius 2 is 2.05 bits per heavy atom. The van der Waals surface area contributed by atoms with Crippen LogP contribution in [0.3, 0.4) is 0 Å². The van der Waals surface area contributed by atoms with Gasteiger partial charge >= 0.3 is 0 Å². The Hall–Kier alpha value is -1.02. The van der Waals surface area contributed by atoms with Crippen LogP contribution >= 0.6 is 0 Å². The van der Waals surface area contributed by atoms with Gasteiger partial charge in [0.2, 0.25) is 0 Å². The molecule has 2 unspecified atom stereocenters. The fourth-order valence-corrected chi connectivity index (χ4v) is 4.57. The Kier molecular flexibility index (Phi) is 3.03. The number of para-hydroxylation sites is 1. The molecule has 0 radical (unpaired) electrons. The summed E-state index contributed by atoms with van der Waals surface area (Å²) in [5, 5.41) is 3.51. The van der Waals surface area contributed by atoms with E-state index in [0.717, 1.165) is 11.8 Å². The SMILES string of the molecule is CC1Cc2ccccc2N(CC2CC23CCNCC3)C1. The van der Waals surface area contributed by atoms with Gasteiger partial charge in [0.15, 0.2) is 0 Å². The van der Waals surface area contributed by atoms with Crippen molar-refractivity contribution < 1.29 is 0 Å². The van der Waals surface area contributed by atoms with Gasteiger partial charge in [-0.3, -0.25) is 0 Å². The van der Waals surface area contributed by atoms with Crippen molar-refractivity contribution in [3.8, 4) is 0 Å². The molecule has 1 spiro atoms. The number of fused-ring (bicyclic) bond motifs is 1. The number of anilines is 1. The summed E-state index contributed by atoms with van der Waals surface area (Å²) in [7, 11) is 0. The lowest BCUT2D eigenvalue weighted by Crippen LogP contribution is -2.37. The van der Waals surface area contributed by atoms with E-state index in [4.69, 9.17) is 0 Å². The number of rotatable bonds is 2. The molecular weight excluding hydrogens is 244 g/mol. The largest absolute Gasteiger partial charge is 0.371 e. The van der Waals surface area contributed by atoms with Gasteiger partial charge in [-0.1, -0.05) is 25.1 Å². The maximum atomic E-state index is 3.51. The topological polar surface area (TPSA) is 15.3 Å². The van der Waals surface area contributed by atoms with Crippen molar-refractivity contribution in [3.05, 3.63) is 29.8 Å². The molecule has 108 valence electrons. The maximum absolute atomic E-state index is 3.51. The minimum Gasteiger partial charge on any atom is -0.371 e. The molecule has 2 nitrogen and oxygen atoms in total. The Labute approximate surface area is 122 Å². The highest BCUT2D eigenvalue weighted by molar-refractivity contribution is 5.56. The molecule has 1 aromatic rings. The first-order chi connectivity index (χ1) is 9.77. The van der Waals surface area contributed by atoms with Crippen molar-refractivity contribution in [2.24, 2.45) is 17.3 Å². The molecule has 2 fully saturated rings. The molecule has 1 N–H and O–H groups in total. The summed E-state index contributed by atoms with van der Waals surface area (Å²) in [6.07, 6.45) is 5.54. The van der Waals surface area contributed by atoms with Crippen LogP contribution in [0.15, 0.2) is 24.3 Å². The summed E-state index contributed by atoms with van der Waals surface area (Å²) >= 11 is 0. The first kappa shape index (κ1) is 12.7. The van der Waals surface area contributed by atoms with Gasteiger partial charge in [-0.05, 0) is 67.7 Å². The van der Waals surface area contributed by atoms with Crippen LogP contribution in [0, 0.1) is 17.3 Å². The van der Waals surface area contributed by atoms with Crippen LogP contribution in [0.2, 0.25) is 0 Å². The maximum Gasteiger partial charge on any atom is 0.0399 e. The predicted molar refractivity (Wildman–Crippen MR) is 84.2 cm³/mol. The van der Waals surface area contributed by atoms with Gasteiger partial charge in [0.1, 0.15) is 0 Å². The van der Waals surface area contributed by atoms with E-state index in [0.29, 0.717) is 5.41 Å². The summed E-state index contributed by atoms with van der Waals surface area (Å²) < 4.78 is 0. The van der Waals surface area contributed by atoms with Gasteiger partial charge in [0.05, 0.1) is 0 Å². The second kappa shape index (κ2) is 4.77. The zero-order valence-corrected chi connectivity index (χ0v) is 12.6. The highest BCUT2D eigenvalue weighted by Gasteiger charge is 2.54. The van der Waals surface area contributed by atoms with E-state index in [1.807, 2.05) is 0 Å². The van der Waals surface area contributed by atoms with Crippen LogP contribution in [0.4, 0.5) is 5.69 Å². The third-order valence-electron chi connectivity index (χ3n) is 5.83. The van der Waals surface area contributed by atoms with Crippen LogP contribution in [0.1, 0.15) is 31.7 Å². The van der Waals surface area contributed by atoms with Crippen molar-refractivity contribution in [1.82, 2.24) is 5.32 Å². The summed E-state index contributed by atoms with van der Waals surface area (Å²) in [5.74, 6) is 1.75. The zero-order chi connectivity index (χ0) is 13.6. The van der Waals surface area contributed by atoms with E-state index in [-0.39, 0.29) is 0 Å². The molecule has 0 aromatic heterocycles. The van der Waals surface area contributed by atoms with Gasteiger partial charge in [-0.25, -0.2) is 0 Å². The fourth-order valence-electron chi connectivity index (χ4n) is 4.57. The Morgan fingerprint density at radius 1 is 1.25 bits per heavy atom. The standard InChI is InChI=1S/C18H26N2/c1-14-10-15-4-2-3-5-17(15)20(12-14)13-16-11-18(16)6-8-19-9-7-18/h2-5,14,16,19H,6-13H2,1H3. The van der Waals surface area contributed by atoms with E-state index in [1.54, 1.807) is 5.56 Å². The highest BCUT2D eigenvalue weighted by Crippen LogP contribution is 2.59. The summed E-state index contributed by atoms with van der Waals surface area (Å²) in [5.41, 5.74) is 3.79. The second-order valence-corrected chi connectivity index (χ2v) is 7.36. The third-order valence-corrected chi connectivity index (χ3v) is 5.83. The van der Waals surface area contributed by atoms with Crippen LogP contribution in [-0.4, -0.2) is 26.2 Å². The minimum atomic E-state index is 0.709. The zero-order valence-electron chi connectivity index (χ0n) is 12.6. The van der Waals surface area contributed by atoms with E-state index in [2.05, 4.69) is 41.4 Å². The smallest absolute Gasteiger partial charge is 0.0399 e. The molecule has 2 aliphatic heterocycles. The normalized spacial score (nSPS) is 31.1. The predicted octanol–water partition coefficient (Wildman–Crippen LogP) is 3.07. The van der Waals surface area contributed by atoms with Gasteiger partial charge in [-0.15, -0.1) is 0 Å². The number of hydrogen-bond donors (Lipinski definition) is 1. The van der Waals surface area contributed by atoms with Crippen molar-refractivity contribution in [3.63, 3.8) is 0 Å². The summed E-state index contributed by atoms with van der Waals surface area (Å²) in [6, 6.07) is 9.05. The van der Waals surface area contributed by atoms with Gasteiger partial charge in [0.25, 0.3) is 0 Å². The third kappa shape index (κ3) is 2.14. The molecule has 1 aromatic carbocycles. The van der Waals surface area contributed by atoms with E-state index in [9.17, 15) is 0 Å². The lowest BCUT2D eigenvalue weighted by atomic mass is 9.90. The minimum absolute atomic E-state index is 0.709. The molecule has 1 saturated carbocycles. The Morgan fingerprint density at radius 3 is 2.90 bits per heavy atom. The summed E-state index contributed by atoms with van der Waals surface area (Å²) in [6.45, 7) is 7.42. The lowest BCUT2D eigenvalue weighted by molar-refractivity contribution is 0.321. The van der Waals surface area contributed by atoms with Crippen LogP contribution < -0.4 is 10.2 Å². The van der Waals surface area contributed by atoms with Crippen molar-refractivity contribution in [1.29, 1.82) is 0 Å². The van der Waals surface area contributed by atoms with Gasteiger partial charge < -0.3 is 10.2 Å². The molecule has 20 heavy (non-hydrogen) atoms. The number of nitrogens with zero attached hydrogens (tertiary/aromatic N) is 1. The molecule has 0 amide bonds. The van der Waals surface area contributed by atoms with Crippen molar-refractivity contribution in [2.75, 3.05) is 31.1 Å². The van der Waals surface area contributed by atoms with Crippen LogP contribution in [0.25, 0.3) is 0 Å². The molecule has 2 heteroatoms. The lowest BCUT2D eigenvalue weighted by Gasteiger charge is -2.36. The first-order valence-electron chi connectivity index (χ1n) is 8.30. The first-order valence-corrected chi connectivity index (χ1v) is 8.30. The van der Waals surface area contributed by atoms with Gasteiger partial charge in [-0.2, -0.15) is 0 Å². The van der Waals surface area contributed by atoms with Gasteiger partial charge in [0, 0.05) is 18.8 Å². The second-order valence-electron chi connectivity index (χ2n) is 7.36. The van der Waals surface area contributed by atoms with E-state index >= 15 is 0 Å². The molecular formula is C18H26N2. The molecule has 2 heterocycles. The molecule has 1 aliphatic carbocycles. The van der Waals surface area contributed by atoms with Crippen molar-refractivity contribution in [2.45, 2.75) is 32.6 Å². The van der Waals surface area contributed by atoms with Crippen molar-refractivity contribution >= 4 is 5.69 Å². The quantitative estimate of drug-likeness (QED) is 0.888. The average Bonchev–Trinajstić information content (AvgIpc) is 3.11. The molecule has 1 saturated heterocycles. The number of hydrogen-bond acceptors (Lipinski definition) is 2. The van der Waals surface area contributed by atoms with Crippen LogP contribution in [-0.2, 0) is 6.42 Å². The molecule has 0 bridgehead atoms. The van der Waals surface area contributed by atoms with E-state index in [1.165, 1.54) is 57.5 Å². The molecule has 3 aliphatic rings. The summed E-state index contributed by atoms with van der Waals surface area (Å²) in [4.78, 5) is 2.69. The van der Waals surface area contributed by atoms with Crippen LogP contribution in [0.5, 0.6) is 0 Å². The van der Waals surface area contributed by atoms with E-state index < -0.39 is 0 Å². The highest BCUT2D eigenvalue weighted by atomic mass is 15.2. The number of nitrogens with one attached hydrogen (secondary N) is 1. The molecule has 4 rings (SSSR count). The monoisotopic (exact) mass is 270 g/mol. The molecule has 2 atom stereocenters. The Bertz CT molecular complexity index is 490.